The fourth-order valence-electron chi connectivity index (χ4n) is 3.00. The maximum Gasteiger partial charge on any atom is 0.242 e. The number of nitrogens with zero attached hydrogens (tertiary/aromatic N) is 1. The highest BCUT2D eigenvalue weighted by atomic mass is 35.5. The fourth-order valence-corrected chi connectivity index (χ4v) is 3.13. The maximum absolute atomic E-state index is 13.1. The van der Waals surface area contributed by atoms with Crippen LogP contribution in [0.2, 0.25) is 5.02 Å². The van der Waals surface area contributed by atoms with E-state index in [1.807, 2.05) is 43.3 Å². The molecular weight excluding hydrogens is 372 g/mol. The van der Waals surface area contributed by atoms with E-state index >= 15 is 0 Å². The van der Waals surface area contributed by atoms with Crippen LogP contribution in [0, 0.1) is 6.92 Å². The first kappa shape index (κ1) is 22.0. The number of carbonyl (C=O) groups excluding carboxylic acids is 2. The summed E-state index contributed by atoms with van der Waals surface area (Å²) in [7, 11) is 0. The van der Waals surface area contributed by atoms with Crippen molar-refractivity contribution in [3.8, 4) is 0 Å². The average Bonchev–Trinajstić information content (AvgIpc) is 2.67. The SMILES string of the molecule is CCCCNC(=O)[C@@H](C)N(Cc1ccc(Cl)cc1)C(=O)Cc1cccc(C)c1. The number of amides is 2. The smallest absolute Gasteiger partial charge is 0.242 e. The van der Waals surface area contributed by atoms with Gasteiger partial charge in [0.2, 0.25) is 11.8 Å². The van der Waals surface area contributed by atoms with Crippen LogP contribution in [0.5, 0.6) is 0 Å². The van der Waals surface area contributed by atoms with Gasteiger partial charge in [-0.3, -0.25) is 9.59 Å². The summed E-state index contributed by atoms with van der Waals surface area (Å²) in [4.78, 5) is 27.3. The zero-order valence-corrected chi connectivity index (χ0v) is 17.6. The first-order valence-corrected chi connectivity index (χ1v) is 10.2. The van der Waals surface area contributed by atoms with E-state index in [1.54, 1.807) is 24.0 Å². The van der Waals surface area contributed by atoms with Gasteiger partial charge >= 0.3 is 0 Å². The molecule has 0 spiro atoms. The third-order valence-corrected chi connectivity index (χ3v) is 4.95. The van der Waals surface area contributed by atoms with Crippen LogP contribution < -0.4 is 5.32 Å². The molecule has 2 rings (SSSR count). The van der Waals surface area contributed by atoms with E-state index in [1.165, 1.54) is 0 Å². The van der Waals surface area contributed by atoms with Gasteiger partial charge < -0.3 is 10.2 Å². The fraction of sp³-hybridized carbons (Fsp3) is 0.391. The van der Waals surface area contributed by atoms with E-state index < -0.39 is 6.04 Å². The quantitative estimate of drug-likeness (QED) is 0.629. The first-order chi connectivity index (χ1) is 13.4. The van der Waals surface area contributed by atoms with Gasteiger partial charge in [-0.1, -0.05) is 66.9 Å². The molecule has 1 N–H and O–H groups in total. The molecule has 0 aliphatic rings. The highest BCUT2D eigenvalue weighted by Crippen LogP contribution is 2.15. The van der Waals surface area contributed by atoms with Gasteiger partial charge in [0.05, 0.1) is 6.42 Å². The van der Waals surface area contributed by atoms with Gasteiger partial charge in [0.25, 0.3) is 0 Å². The third-order valence-electron chi connectivity index (χ3n) is 4.70. The molecular formula is C23H29ClN2O2. The van der Waals surface area contributed by atoms with Crippen molar-refractivity contribution in [3.05, 3.63) is 70.2 Å². The lowest BCUT2D eigenvalue weighted by molar-refractivity contribution is -0.140. The molecule has 150 valence electrons. The van der Waals surface area contributed by atoms with Crippen molar-refractivity contribution in [2.45, 2.75) is 52.6 Å². The number of hydrogen-bond acceptors (Lipinski definition) is 2. The first-order valence-electron chi connectivity index (χ1n) is 9.78. The summed E-state index contributed by atoms with van der Waals surface area (Å²) >= 11 is 5.97. The number of aryl methyl sites for hydroxylation is 1. The van der Waals surface area contributed by atoms with E-state index in [9.17, 15) is 9.59 Å². The highest BCUT2D eigenvalue weighted by Gasteiger charge is 2.26. The molecule has 0 aliphatic carbocycles. The third kappa shape index (κ3) is 6.68. The molecule has 0 aromatic heterocycles. The van der Waals surface area contributed by atoms with Gasteiger partial charge in [0.15, 0.2) is 0 Å². The van der Waals surface area contributed by atoms with Crippen LogP contribution in [0.4, 0.5) is 0 Å². The Labute approximate surface area is 172 Å². The molecule has 0 unspecified atom stereocenters. The van der Waals surface area contributed by atoms with Crippen molar-refractivity contribution in [2.24, 2.45) is 0 Å². The molecule has 0 bridgehead atoms. The number of halogens is 1. The number of nitrogens with one attached hydrogen (secondary N) is 1. The van der Waals surface area contributed by atoms with Crippen LogP contribution >= 0.6 is 11.6 Å². The zero-order chi connectivity index (χ0) is 20.5. The molecule has 0 aliphatic heterocycles. The normalized spacial score (nSPS) is 11.7. The lowest BCUT2D eigenvalue weighted by Crippen LogP contribution is -2.48. The maximum atomic E-state index is 13.1. The number of carbonyl (C=O) groups is 2. The minimum atomic E-state index is -0.551. The second-order valence-electron chi connectivity index (χ2n) is 7.13. The Bertz CT molecular complexity index is 789. The Hall–Kier alpha value is -2.33. The van der Waals surface area contributed by atoms with Crippen LogP contribution in [0.15, 0.2) is 48.5 Å². The van der Waals surface area contributed by atoms with Crippen molar-refractivity contribution >= 4 is 23.4 Å². The molecule has 0 radical (unpaired) electrons. The molecule has 5 heteroatoms. The van der Waals surface area contributed by atoms with E-state index in [0.29, 0.717) is 18.1 Å². The van der Waals surface area contributed by atoms with E-state index in [-0.39, 0.29) is 18.2 Å². The van der Waals surface area contributed by atoms with Crippen LogP contribution in [0.25, 0.3) is 0 Å². The summed E-state index contributed by atoms with van der Waals surface area (Å²) in [5, 5.41) is 3.58. The standard InChI is InChI=1S/C23H29ClN2O2/c1-4-5-13-25-23(28)18(3)26(16-19-9-11-21(24)12-10-19)22(27)15-20-8-6-7-17(2)14-20/h6-12,14,18H,4-5,13,15-16H2,1-3H3,(H,25,28)/t18-/m1/s1. The summed E-state index contributed by atoms with van der Waals surface area (Å²) in [6, 6.07) is 14.7. The van der Waals surface area contributed by atoms with Gasteiger partial charge in [-0.25, -0.2) is 0 Å². The molecule has 2 aromatic rings. The van der Waals surface area contributed by atoms with E-state index in [2.05, 4.69) is 12.2 Å². The van der Waals surface area contributed by atoms with Gasteiger partial charge in [-0.05, 0) is 43.5 Å². The van der Waals surface area contributed by atoms with Crippen molar-refractivity contribution in [3.63, 3.8) is 0 Å². The molecule has 2 amide bonds. The molecule has 0 heterocycles. The topological polar surface area (TPSA) is 49.4 Å². The lowest BCUT2D eigenvalue weighted by atomic mass is 10.1. The van der Waals surface area contributed by atoms with E-state index in [4.69, 9.17) is 11.6 Å². The minimum Gasteiger partial charge on any atom is -0.354 e. The minimum absolute atomic E-state index is 0.0707. The predicted octanol–water partition coefficient (Wildman–Crippen LogP) is 4.52. The van der Waals surface area contributed by atoms with Crippen LogP contribution in [-0.2, 0) is 22.6 Å². The number of benzene rings is 2. The van der Waals surface area contributed by atoms with Crippen molar-refractivity contribution in [1.29, 1.82) is 0 Å². The summed E-state index contributed by atoms with van der Waals surface area (Å²) < 4.78 is 0. The van der Waals surface area contributed by atoms with Gasteiger partial charge in [-0.15, -0.1) is 0 Å². The monoisotopic (exact) mass is 400 g/mol. The Morgan fingerprint density at radius 1 is 1.11 bits per heavy atom. The molecule has 1 atom stereocenters. The largest absolute Gasteiger partial charge is 0.354 e. The summed E-state index contributed by atoms with van der Waals surface area (Å²) in [5.74, 6) is -0.196. The second kappa shape index (κ2) is 10.9. The Kier molecular flexibility index (Phi) is 8.52. The number of rotatable bonds is 9. The number of unbranched alkanes of at least 4 members (excludes halogenated alkanes) is 1. The average molecular weight is 401 g/mol. The lowest BCUT2D eigenvalue weighted by Gasteiger charge is -2.29. The molecule has 0 saturated heterocycles. The van der Waals surface area contributed by atoms with Crippen molar-refractivity contribution in [2.75, 3.05) is 6.54 Å². The van der Waals surface area contributed by atoms with Crippen LogP contribution in [0.1, 0.15) is 43.4 Å². The molecule has 4 nitrogen and oxygen atoms in total. The highest BCUT2D eigenvalue weighted by molar-refractivity contribution is 6.30. The Balaban J connectivity index is 2.17. The predicted molar refractivity (Wildman–Crippen MR) is 114 cm³/mol. The molecule has 0 fully saturated rings. The Morgan fingerprint density at radius 2 is 1.82 bits per heavy atom. The summed E-state index contributed by atoms with van der Waals surface area (Å²) in [5.41, 5.74) is 3.00. The number of hydrogen-bond donors (Lipinski definition) is 1. The summed E-state index contributed by atoms with van der Waals surface area (Å²) in [6.45, 7) is 6.85. The second-order valence-corrected chi connectivity index (χ2v) is 7.57. The molecule has 0 saturated carbocycles. The summed E-state index contributed by atoms with van der Waals surface area (Å²) in [6.07, 6.45) is 2.20. The molecule has 2 aromatic carbocycles. The van der Waals surface area contributed by atoms with Crippen LogP contribution in [0.3, 0.4) is 0 Å². The van der Waals surface area contributed by atoms with Crippen molar-refractivity contribution < 1.29 is 9.59 Å². The van der Waals surface area contributed by atoms with Gasteiger partial charge in [-0.2, -0.15) is 0 Å². The van der Waals surface area contributed by atoms with Gasteiger partial charge in [0.1, 0.15) is 6.04 Å². The zero-order valence-electron chi connectivity index (χ0n) is 16.9. The van der Waals surface area contributed by atoms with E-state index in [0.717, 1.165) is 29.5 Å². The van der Waals surface area contributed by atoms with Crippen molar-refractivity contribution in [1.82, 2.24) is 10.2 Å². The van der Waals surface area contributed by atoms with Gasteiger partial charge in [0, 0.05) is 18.1 Å². The Morgan fingerprint density at radius 3 is 2.46 bits per heavy atom. The molecule has 28 heavy (non-hydrogen) atoms. The van der Waals surface area contributed by atoms with Crippen LogP contribution in [-0.4, -0.2) is 29.3 Å².